The second kappa shape index (κ2) is 5.36. The minimum atomic E-state index is -0.337. The highest BCUT2D eigenvalue weighted by Gasteiger charge is 2.36. The fourth-order valence-electron chi connectivity index (χ4n) is 2.30. The lowest BCUT2D eigenvalue weighted by atomic mass is 9.84. The smallest absolute Gasteiger partial charge is 0.305 e. The number of ether oxygens (including phenoxy) is 2. The van der Waals surface area contributed by atoms with Crippen LogP contribution in [-0.4, -0.2) is 26.3 Å². The van der Waals surface area contributed by atoms with Crippen LogP contribution in [0.25, 0.3) is 6.08 Å². The number of hydrogen-bond donors (Lipinski definition) is 0. The third-order valence-corrected chi connectivity index (χ3v) is 3.26. The van der Waals surface area contributed by atoms with Crippen molar-refractivity contribution in [2.75, 3.05) is 20.3 Å². The number of rotatable bonds is 5. The van der Waals surface area contributed by atoms with Crippen LogP contribution < -0.4 is 0 Å². The third-order valence-electron chi connectivity index (χ3n) is 3.26. The van der Waals surface area contributed by atoms with Gasteiger partial charge in [-0.1, -0.05) is 43.3 Å². The highest BCUT2D eigenvalue weighted by Crippen LogP contribution is 2.36. The molecule has 0 aliphatic heterocycles. The molecule has 3 nitrogen and oxygen atoms in total. The number of carbonyl (C=O) groups is 1. The quantitative estimate of drug-likeness (QED) is 0.749. The molecule has 0 N–H and O–H groups in total. The molecule has 0 saturated carbocycles. The van der Waals surface area contributed by atoms with Gasteiger partial charge in [0.2, 0.25) is 0 Å². The SMILES string of the molecule is CCC(=O)OCC1(COC)C=Cc2ccccc21. The molecule has 18 heavy (non-hydrogen) atoms. The normalized spacial score (nSPS) is 20.8. The lowest BCUT2D eigenvalue weighted by Gasteiger charge is -2.27. The zero-order valence-electron chi connectivity index (χ0n) is 10.8. The first kappa shape index (κ1) is 12.8. The molecule has 0 bridgehead atoms. The molecule has 0 heterocycles. The van der Waals surface area contributed by atoms with E-state index in [1.807, 2.05) is 12.1 Å². The second-order valence-electron chi connectivity index (χ2n) is 4.52. The van der Waals surface area contributed by atoms with Crippen LogP contribution in [0.15, 0.2) is 30.3 Å². The second-order valence-corrected chi connectivity index (χ2v) is 4.52. The molecule has 2 rings (SSSR count). The van der Waals surface area contributed by atoms with Crippen LogP contribution in [0.5, 0.6) is 0 Å². The predicted octanol–water partition coefficient (Wildman–Crippen LogP) is 2.55. The molecule has 1 aromatic carbocycles. The molecule has 0 fully saturated rings. The lowest BCUT2D eigenvalue weighted by Crippen LogP contribution is -2.34. The predicted molar refractivity (Wildman–Crippen MR) is 70.3 cm³/mol. The van der Waals surface area contributed by atoms with Crippen LogP contribution in [0, 0.1) is 0 Å². The number of esters is 1. The molecular formula is C15H18O3. The molecule has 0 spiro atoms. The van der Waals surface area contributed by atoms with E-state index in [9.17, 15) is 4.79 Å². The van der Waals surface area contributed by atoms with Gasteiger partial charge in [0.1, 0.15) is 6.61 Å². The first-order valence-corrected chi connectivity index (χ1v) is 6.15. The Labute approximate surface area is 107 Å². The van der Waals surface area contributed by atoms with E-state index in [0.717, 1.165) is 5.56 Å². The average Bonchev–Trinajstić information content (AvgIpc) is 2.76. The van der Waals surface area contributed by atoms with E-state index in [1.54, 1.807) is 14.0 Å². The Kier molecular flexibility index (Phi) is 3.82. The van der Waals surface area contributed by atoms with Gasteiger partial charge >= 0.3 is 5.97 Å². The molecule has 1 unspecified atom stereocenters. The minimum absolute atomic E-state index is 0.178. The first-order chi connectivity index (χ1) is 8.72. The van der Waals surface area contributed by atoms with E-state index in [2.05, 4.69) is 24.3 Å². The Bertz CT molecular complexity index is 465. The highest BCUT2D eigenvalue weighted by atomic mass is 16.5. The van der Waals surface area contributed by atoms with Gasteiger partial charge in [-0.05, 0) is 11.1 Å². The number of fused-ring (bicyclic) bond motifs is 1. The van der Waals surface area contributed by atoms with E-state index >= 15 is 0 Å². The summed E-state index contributed by atoms with van der Waals surface area (Å²) >= 11 is 0. The monoisotopic (exact) mass is 246 g/mol. The summed E-state index contributed by atoms with van der Waals surface area (Å²) in [6.07, 6.45) is 4.53. The van der Waals surface area contributed by atoms with Crippen molar-refractivity contribution in [3.05, 3.63) is 41.5 Å². The van der Waals surface area contributed by atoms with Crippen molar-refractivity contribution in [2.45, 2.75) is 18.8 Å². The van der Waals surface area contributed by atoms with Crippen LogP contribution >= 0.6 is 0 Å². The largest absolute Gasteiger partial charge is 0.464 e. The molecule has 1 aliphatic rings. The van der Waals surface area contributed by atoms with Crippen molar-refractivity contribution in [1.29, 1.82) is 0 Å². The maximum Gasteiger partial charge on any atom is 0.305 e. The third kappa shape index (κ3) is 2.31. The zero-order valence-corrected chi connectivity index (χ0v) is 10.8. The van der Waals surface area contributed by atoms with Crippen LogP contribution in [0.3, 0.4) is 0 Å². The van der Waals surface area contributed by atoms with E-state index in [0.29, 0.717) is 19.6 Å². The van der Waals surface area contributed by atoms with Gasteiger partial charge in [0.15, 0.2) is 0 Å². The highest BCUT2D eigenvalue weighted by molar-refractivity contribution is 5.70. The molecule has 1 atom stereocenters. The van der Waals surface area contributed by atoms with Crippen molar-refractivity contribution < 1.29 is 14.3 Å². The summed E-state index contributed by atoms with van der Waals surface area (Å²) in [6.45, 7) is 2.64. The van der Waals surface area contributed by atoms with Crippen molar-refractivity contribution in [3.63, 3.8) is 0 Å². The van der Waals surface area contributed by atoms with Crippen molar-refractivity contribution in [2.24, 2.45) is 0 Å². The summed E-state index contributed by atoms with van der Waals surface area (Å²) in [6, 6.07) is 8.13. The maximum absolute atomic E-state index is 11.3. The number of benzene rings is 1. The van der Waals surface area contributed by atoms with Gasteiger partial charge in [-0.2, -0.15) is 0 Å². The number of carbonyl (C=O) groups excluding carboxylic acids is 1. The van der Waals surface area contributed by atoms with Gasteiger partial charge in [0, 0.05) is 13.5 Å². The summed E-state index contributed by atoms with van der Waals surface area (Å²) < 4.78 is 10.6. The summed E-state index contributed by atoms with van der Waals surface area (Å²) in [5.41, 5.74) is 1.99. The number of methoxy groups -OCH3 is 1. The fraction of sp³-hybridized carbons (Fsp3) is 0.400. The van der Waals surface area contributed by atoms with Gasteiger partial charge in [-0.3, -0.25) is 4.79 Å². The minimum Gasteiger partial charge on any atom is -0.464 e. The summed E-state index contributed by atoms with van der Waals surface area (Å²) in [4.78, 5) is 11.3. The summed E-state index contributed by atoms with van der Waals surface area (Å²) in [7, 11) is 1.66. The molecule has 96 valence electrons. The van der Waals surface area contributed by atoms with Crippen LogP contribution in [-0.2, 0) is 19.7 Å². The maximum atomic E-state index is 11.3. The molecule has 0 aromatic heterocycles. The lowest BCUT2D eigenvalue weighted by molar-refractivity contribution is -0.145. The van der Waals surface area contributed by atoms with Gasteiger partial charge in [0.25, 0.3) is 0 Å². The molecule has 0 radical (unpaired) electrons. The van der Waals surface area contributed by atoms with Gasteiger partial charge in [-0.25, -0.2) is 0 Å². The Balaban J connectivity index is 2.24. The average molecular weight is 246 g/mol. The Hall–Kier alpha value is -1.61. The zero-order chi connectivity index (χ0) is 13.0. The van der Waals surface area contributed by atoms with Crippen LogP contribution in [0.2, 0.25) is 0 Å². The van der Waals surface area contributed by atoms with Crippen LogP contribution in [0.1, 0.15) is 24.5 Å². The summed E-state index contributed by atoms with van der Waals surface area (Å²) in [5.74, 6) is -0.178. The fourth-order valence-corrected chi connectivity index (χ4v) is 2.30. The van der Waals surface area contributed by atoms with Crippen molar-refractivity contribution in [1.82, 2.24) is 0 Å². The number of hydrogen-bond acceptors (Lipinski definition) is 3. The van der Waals surface area contributed by atoms with Gasteiger partial charge in [0.05, 0.1) is 12.0 Å². The van der Waals surface area contributed by atoms with Gasteiger partial charge < -0.3 is 9.47 Å². The summed E-state index contributed by atoms with van der Waals surface area (Å²) in [5, 5.41) is 0. The molecule has 3 heteroatoms. The molecular weight excluding hydrogens is 228 g/mol. The molecule has 0 saturated heterocycles. The van der Waals surface area contributed by atoms with E-state index < -0.39 is 0 Å². The van der Waals surface area contributed by atoms with Crippen LogP contribution in [0.4, 0.5) is 0 Å². The standard InChI is InChI=1S/C15H18O3/c1-3-14(16)18-11-15(10-17-2)9-8-12-6-4-5-7-13(12)15/h4-9H,3,10-11H2,1-2H3. The Morgan fingerprint density at radius 2 is 2.06 bits per heavy atom. The molecule has 1 aliphatic carbocycles. The topological polar surface area (TPSA) is 35.5 Å². The van der Waals surface area contributed by atoms with E-state index in [4.69, 9.17) is 9.47 Å². The van der Waals surface area contributed by atoms with Crippen molar-refractivity contribution in [3.8, 4) is 0 Å². The molecule has 0 amide bonds. The van der Waals surface area contributed by atoms with Gasteiger partial charge in [-0.15, -0.1) is 0 Å². The Morgan fingerprint density at radius 3 is 2.78 bits per heavy atom. The van der Waals surface area contributed by atoms with E-state index in [-0.39, 0.29) is 11.4 Å². The molecule has 1 aromatic rings. The Morgan fingerprint density at radius 1 is 1.28 bits per heavy atom. The van der Waals surface area contributed by atoms with Crippen molar-refractivity contribution >= 4 is 12.0 Å². The first-order valence-electron chi connectivity index (χ1n) is 6.15. The van der Waals surface area contributed by atoms with E-state index in [1.165, 1.54) is 5.56 Å².